The van der Waals surface area contributed by atoms with Gasteiger partial charge >= 0.3 is 0 Å². The summed E-state index contributed by atoms with van der Waals surface area (Å²) in [5.41, 5.74) is 7.65. The smallest absolute Gasteiger partial charge is 0.263 e. The number of carbonyl (C=O) groups is 1. The Morgan fingerprint density at radius 2 is 2.26 bits per heavy atom. The van der Waals surface area contributed by atoms with E-state index in [0.29, 0.717) is 17.1 Å². The average Bonchev–Trinajstić information content (AvgIpc) is 2.67. The summed E-state index contributed by atoms with van der Waals surface area (Å²) in [7, 11) is 3.93. The Morgan fingerprint density at radius 3 is 2.89 bits per heavy atom. The fraction of sp³-hybridized carbons (Fsp3) is 0.385. The van der Waals surface area contributed by atoms with Crippen molar-refractivity contribution in [3.05, 3.63) is 22.7 Å². The number of nitrogens with two attached hydrogens (primary N) is 1. The molecule has 19 heavy (non-hydrogen) atoms. The van der Waals surface area contributed by atoms with Crippen LogP contribution in [0.15, 0.2) is 12.3 Å². The third-order valence-corrected chi connectivity index (χ3v) is 4.00. The predicted octanol–water partition coefficient (Wildman–Crippen LogP) is 1.48. The highest BCUT2D eigenvalue weighted by Gasteiger charge is 2.17. The van der Waals surface area contributed by atoms with E-state index < -0.39 is 0 Å². The van der Waals surface area contributed by atoms with E-state index >= 15 is 0 Å². The highest BCUT2D eigenvalue weighted by atomic mass is 32.1. The molecule has 0 aliphatic heterocycles. The number of nitrogen functional groups attached to an aromatic ring is 1. The number of amides is 1. The monoisotopic (exact) mass is 278 g/mol. The first-order valence-electron chi connectivity index (χ1n) is 6.07. The molecule has 3 N–H and O–H groups in total. The van der Waals surface area contributed by atoms with Crippen LogP contribution in [0.3, 0.4) is 0 Å². The summed E-state index contributed by atoms with van der Waals surface area (Å²) >= 11 is 1.34. The Labute approximate surface area is 116 Å². The number of fused-ring (bicyclic) bond motifs is 1. The van der Waals surface area contributed by atoms with E-state index in [9.17, 15) is 4.79 Å². The second-order valence-electron chi connectivity index (χ2n) is 4.71. The number of hydrogen-bond acceptors (Lipinski definition) is 5. The maximum absolute atomic E-state index is 12.1. The Bertz CT molecular complexity index is 606. The van der Waals surface area contributed by atoms with Gasteiger partial charge in [-0.2, -0.15) is 0 Å². The highest BCUT2D eigenvalue weighted by molar-refractivity contribution is 7.21. The van der Waals surface area contributed by atoms with Crippen molar-refractivity contribution >= 4 is 33.1 Å². The van der Waals surface area contributed by atoms with E-state index in [0.717, 1.165) is 22.3 Å². The van der Waals surface area contributed by atoms with Crippen LogP contribution in [-0.4, -0.2) is 43.0 Å². The number of aryl methyl sites for hydroxylation is 1. The topological polar surface area (TPSA) is 71.2 Å². The molecule has 0 radical (unpaired) electrons. The molecule has 2 heterocycles. The summed E-state index contributed by atoms with van der Waals surface area (Å²) in [6.45, 7) is 3.38. The van der Waals surface area contributed by atoms with Gasteiger partial charge in [-0.15, -0.1) is 11.3 Å². The third kappa shape index (κ3) is 2.85. The van der Waals surface area contributed by atoms with Gasteiger partial charge in [0.25, 0.3) is 5.91 Å². The summed E-state index contributed by atoms with van der Waals surface area (Å²) < 4.78 is 0. The van der Waals surface area contributed by atoms with Crippen molar-refractivity contribution < 1.29 is 4.79 Å². The number of nitrogens with zero attached hydrogens (tertiary/aromatic N) is 2. The second kappa shape index (κ2) is 5.54. The quantitative estimate of drug-likeness (QED) is 0.888. The Kier molecular flexibility index (Phi) is 4.01. The molecule has 1 amide bonds. The highest BCUT2D eigenvalue weighted by Crippen LogP contribution is 2.33. The molecule has 0 aromatic carbocycles. The van der Waals surface area contributed by atoms with Crippen molar-refractivity contribution in [1.29, 1.82) is 0 Å². The van der Waals surface area contributed by atoms with Crippen LogP contribution >= 0.6 is 11.3 Å². The standard InChI is InChI=1S/C13H18N4OS/c1-8-4-5-16-13-9(8)10(14)11(19-13)12(18)15-6-7-17(2)3/h4-5H,6-7,14H2,1-3H3,(H,15,18). The molecule has 2 aromatic rings. The lowest BCUT2D eigenvalue weighted by molar-refractivity contribution is 0.0956. The number of likely N-dealkylation sites (N-methyl/N-ethyl adjacent to an activating group) is 1. The third-order valence-electron chi connectivity index (χ3n) is 2.89. The van der Waals surface area contributed by atoms with Crippen LogP contribution in [0.4, 0.5) is 5.69 Å². The normalized spacial score (nSPS) is 11.2. The van der Waals surface area contributed by atoms with Crippen LogP contribution in [0, 0.1) is 6.92 Å². The van der Waals surface area contributed by atoms with E-state index in [1.54, 1.807) is 6.20 Å². The van der Waals surface area contributed by atoms with E-state index in [1.807, 2.05) is 32.0 Å². The zero-order valence-corrected chi connectivity index (χ0v) is 12.2. The lowest BCUT2D eigenvalue weighted by Gasteiger charge is -2.09. The van der Waals surface area contributed by atoms with Gasteiger partial charge in [-0.3, -0.25) is 4.79 Å². The first kappa shape index (κ1) is 13.8. The fourth-order valence-electron chi connectivity index (χ4n) is 1.85. The van der Waals surface area contributed by atoms with Crippen LogP contribution in [-0.2, 0) is 0 Å². The minimum Gasteiger partial charge on any atom is -0.397 e. The van der Waals surface area contributed by atoms with Gasteiger partial charge in [-0.1, -0.05) is 0 Å². The predicted molar refractivity (Wildman–Crippen MR) is 79.7 cm³/mol. The van der Waals surface area contributed by atoms with Crippen LogP contribution < -0.4 is 11.1 Å². The molecule has 0 unspecified atom stereocenters. The molecule has 2 rings (SSSR count). The molecule has 0 aliphatic carbocycles. The number of rotatable bonds is 4. The number of nitrogens with one attached hydrogen (secondary N) is 1. The number of carbonyl (C=O) groups excluding carboxylic acids is 1. The Hall–Kier alpha value is -1.66. The molecule has 0 spiro atoms. The van der Waals surface area contributed by atoms with Gasteiger partial charge in [-0.25, -0.2) is 4.98 Å². The number of hydrogen-bond donors (Lipinski definition) is 2. The summed E-state index contributed by atoms with van der Waals surface area (Å²) in [6, 6.07) is 1.90. The Balaban J connectivity index is 2.23. The zero-order valence-electron chi connectivity index (χ0n) is 11.4. The van der Waals surface area contributed by atoms with Gasteiger partial charge in [0.2, 0.25) is 0 Å². The van der Waals surface area contributed by atoms with Crippen LogP contribution in [0.5, 0.6) is 0 Å². The minimum atomic E-state index is -0.123. The molecule has 6 heteroatoms. The molecule has 0 atom stereocenters. The van der Waals surface area contributed by atoms with E-state index in [1.165, 1.54) is 11.3 Å². The lowest BCUT2D eigenvalue weighted by atomic mass is 10.2. The molecule has 5 nitrogen and oxygen atoms in total. The number of anilines is 1. The minimum absolute atomic E-state index is 0.123. The van der Waals surface area contributed by atoms with E-state index in [4.69, 9.17) is 5.73 Å². The molecular weight excluding hydrogens is 260 g/mol. The summed E-state index contributed by atoms with van der Waals surface area (Å²) in [5.74, 6) is -0.123. The van der Waals surface area contributed by atoms with Gasteiger partial charge in [0.05, 0.1) is 5.69 Å². The van der Waals surface area contributed by atoms with Gasteiger partial charge in [0, 0.05) is 24.7 Å². The van der Waals surface area contributed by atoms with Crippen molar-refractivity contribution in [1.82, 2.24) is 15.2 Å². The van der Waals surface area contributed by atoms with Gasteiger partial charge in [-0.05, 0) is 32.6 Å². The van der Waals surface area contributed by atoms with Crippen LogP contribution in [0.1, 0.15) is 15.2 Å². The molecule has 0 saturated carbocycles. The van der Waals surface area contributed by atoms with Crippen LogP contribution in [0.25, 0.3) is 10.2 Å². The molecule has 0 aliphatic rings. The molecule has 2 aromatic heterocycles. The van der Waals surface area contributed by atoms with E-state index in [-0.39, 0.29) is 5.91 Å². The first-order valence-corrected chi connectivity index (χ1v) is 6.89. The second-order valence-corrected chi connectivity index (χ2v) is 5.71. The van der Waals surface area contributed by atoms with Crippen molar-refractivity contribution in [3.63, 3.8) is 0 Å². The van der Waals surface area contributed by atoms with Gasteiger partial charge in [0.1, 0.15) is 9.71 Å². The van der Waals surface area contributed by atoms with Crippen molar-refractivity contribution in [2.75, 3.05) is 32.9 Å². The van der Waals surface area contributed by atoms with Crippen molar-refractivity contribution in [2.24, 2.45) is 0 Å². The number of aromatic nitrogens is 1. The van der Waals surface area contributed by atoms with Gasteiger partial charge in [0.15, 0.2) is 0 Å². The SMILES string of the molecule is Cc1ccnc2sc(C(=O)NCCN(C)C)c(N)c12. The maximum atomic E-state index is 12.1. The number of pyridine rings is 1. The Morgan fingerprint density at radius 1 is 1.53 bits per heavy atom. The summed E-state index contributed by atoms with van der Waals surface area (Å²) in [4.78, 5) is 19.7. The molecule has 0 saturated heterocycles. The van der Waals surface area contributed by atoms with Gasteiger partial charge < -0.3 is 16.0 Å². The fourth-order valence-corrected chi connectivity index (χ4v) is 2.90. The molecule has 102 valence electrons. The molecular formula is C13H18N4OS. The molecule has 0 bridgehead atoms. The summed E-state index contributed by atoms with van der Waals surface area (Å²) in [6.07, 6.45) is 1.74. The van der Waals surface area contributed by atoms with E-state index in [2.05, 4.69) is 10.3 Å². The largest absolute Gasteiger partial charge is 0.397 e. The molecule has 0 fully saturated rings. The first-order chi connectivity index (χ1) is 9.00. The maximum Gasteiger partial charge on any atom is 0.263 e. The lowest BCUT2D eigenvalue weighted by Crippen LogP contribution is -2.31. The van der Waals surface area contributed by atoms with Crippen molar-refractivity contribution in [3.8, 4) is 0 Å². The van der Waals surface area contributed by atoms with Crippen molar-refractivity contribution in [2.45, 2.75) is 6.92 Å². The zero-order chi connectivity index (χ0) is 14.0. The van der Waals surface area contributed by atoms with Crippen LogP contribution in [0.2, 0.25) is 0 Å². The summed E-state index contributed by atoms with van der Waals surface area (Å²) in [5, 5.41) is 3.77. The number of thiophene rings is 1. The average molecular weight is 278 g/mol.